The Morgan fingerprint density at radius 1 is 0.947 bits per heavy atom. The van der Waals surface area contributed by atoms with Crippen molar-refractivity contribution < 1.29 is 0 Å². The molecular weight excluding hydrogens is 230 g/mol. The van der Waals surface area contributed by atoms with E-state index < -0.39 is 0 Å². The van der Waals surface area contributed by atoms with Gasteiger partial charge in [0, 0.05) is 6.04 Å². The lowest BCUT2D eigenvalue weighted by Crippen LogP contribution is -2.41. The highest BCUT2D eigenvalue weighted by Gasteiger charge is 2.29. The summed E-state index contributed by atoms with van der Waals surface area (Å²) in [7, 11) is 0. The standard InChI is InChI=1S/C18H37N/c1-4-7-8-9-10-15-18(19-6-3)17-14-12-11-13-16(17)5-2/h16-19H,4-15H2,1-3H3. The van der Waals surface area contributed by atoms with Crippen LogP contribution in [0.1, 0.15) is 91.4 Å². The molecule has 1 rings (SSSR count). The van der Waals surface area contributed by atoms with Crippen molar-refractivity contribution in [3.63, 3.8) is 0 Å². The van der Waals surface area contributed by atoms with Crippen molar-refractivity contribution in [2.75, 3.05) is 6.54 Å². The zero-order valence-electron chi connectivity index (χ0n) is 13.7. The molecule has 0 amide bonds. The maximum absolute atomic E-state index is 3.81. The molecule has 1 aliphatic carbocycles. The molecule has 1 N–H and O–H groups in total. The van der Waals surface area contributed by atoms with E-state index in [9.17, 15) is 0 Å². The Kier molecular flexibility index (Phi) is 9.59. The summed E-state index contributed by atoms with van der Waals surface area (Å²) in [5.41, 5.74) is 0. The van der Waals surface area contributed by atoms with E-state index >= 15 is 0 Å². The first-order chi connectivity index (χ1) is 9.33. The molecular formula is C18H37N. The van der Waals surface area contributed by atoms with Gasteiger partial charge in [-0.3, -0.25) is 0 Å². The van der Waals surface area contributed by atoms with E-state index in [0.29, 0.717) is 0 Å². The van der Waals surface area contributed by atoms with Gasteiger partial charge in [-0.2, -0.15) is 0 Å². The van der Waals surface area contributed by atoms with Crippen LogP contribution in [0, 0.1) is 11.8 Å². The molecule has 0 aromatic heterocycles. The summed E-state index contributed by atoms with van der Waals surface area (Å²) in [6.07, 6.45) is 15.8. The average molecular weight is 268 g/mol. The number of unbranched alkanes of at least 4 members (excludes halogenated alkanes) is 4. The van der Waals surface area contributed by atoms with Gasteiger partial charge < -0.3 is 5.32 Å². The molecule has 1 fully saturated rings. The predicted molar refractivity (Wildman–Crippen MR) is 86.6 cm³/mol. The minimum atomic E-state index is 0.803. The summed E-state index contributed by atoms with van der Waals surface area (Å²) in [4.78, 5) is 0. The largest absolute Gasteiger partial charge is 0.314 e. The van der Waals surface area contributed by atoms with Crippen LogP contribution in [0.3, 0.4) is 0 Å². The van der Waals surface area contributed by atoms with Crippen LogP contribution in [0.2, 0.25) is 0 Å². The Bertz CT molecular complexity index is 202. The molecule has 1 nitrogen and oxygen atoms in total. The average Bonchev–Trinajstić information content (AvgIpc) is 2.46. The van der Waals surface area contributed by atoms with E-state index in [2.05, 4.69) is 26.1 Å². The van der Waals surface area contributed by atoms with Crippen LogP contribution >= 0.6 is 0 Å². The zero-order valence-corrected chi connectivity index (χ0v) is 13.7. The molecule has 1 saturated carbocycles. The first-order valence-corrected chi connectivity index (χ1v) is 9.06. The minimum absolute atomic E-state index is 0.803. The van der Waals surface area contributed by atoms with Gasteiger partial charge in [-0.15, -0.1) is 0 Å². The van der Waals surface area contributed by atoms with Gasteiger partial charge in [-0.1, -0.05) is 78.6 Å². The summed E-state index contributed by atoms with van der Waals surface area (Å²) >= 11 is 0. The quantitative estimate of drug-likeness (QED) is 0.512. The van der Waals surface area contributed by atoms with Crippen molar-refractivity contribution >= 4 is 0 Å². The summed E-state index contributed by atoms with van der Waals surface area (Å²) < 4.78 is 0. The second-order valence-corrected chi connectivity index (χ2v) is 6.48. The number of hydrogen-bond acceptors (Lipinski definition) is 1. The van der Waals surface area contributed by atoms with Crippen molar-refractivity contribution in [3.8, 4) is 0 Å². The maximum Gasteiger partial charge on any atom is 0.00978 e. The zero-order chi connectivity index (χ0) is 13.9. The van der Waals surface area contributed by atoms with Crippen LogP contribution in [-0.4, -0.2) is 12.6 Å². The van der Waals surface area contributed by atoms with Gasteiger partial charge in [-0.05, 0) is 31.2 Å². The first-order valence-electron chi connectivity index (χ1n) is 9.06. The molecule has 1 aliphatic rings. The third-order valence-electron chi connectivity index (χ3n) is 5.09. The van der Waals surface area contributed by atoms with Gasteiger partial charge >= 0.3 is 0 Å². The smallest absolute Gasteiger partial charge is 0.00978 e. The second-order valence-electron chi connectivity index (χ2n) is 6.48. The van der Waals surface area contributed by atoms with Gasteiger partial charge in [0.05, 0.1) is 0 Å². The van der Waals surface area contributed by atoms with Crippen LogP contribution in [0.15, 0.2) is 0 Å². The molecule has 1 heteroatoms. The Balaban J connectivity index is 2.36. The normalized spacial score (nSPS) is 25.4. The maximum atomic E-state index is 3.81. The molecule has 0 aliphatic heterocycles. The van der Waals surface area contributed by atoms with E-state index in [1.165, 1.54) is 70.6 Å². The fourth-order valence-electron chi connectivity index (χ4n) is 3.97. The van der Waals surface area contributed by atoms with Crippen LogP contribution in [-0.2, 0) is 0 Å². The van der Waals surface area contributed by atoms with Gasteiger partial charge in [0.2, 0.25) is 0 Å². The molecule has 3 unspecified atom stereocenters. The highest BCUT2D eigenvalue weighted by atomic mass is 14.9. The van der Waals surface area contributed by atoms with Crippen molar-refractivity contribution in [2.24, 2.45) is 11.8 Å². The van der Waals surface area contributed by atoms with Crippen LogP contribution in [0.25, 0.3) is 0 Å². The fraction of sp³-hybridized carbons (Fsp3) is 1.00. The Morgan fingerprint density at radius 2 is 1.68 bits per heavy atom. The molecule has 3 atom stereocenters. The van der Waals surface area contributed by atoms with Crippen molar-refractivity contribution in [1.29, 1.82) is 0 Å². The van der Waals surface area contributed by atoms with Gasteiger partial charge in [-0.25, -0.2) is 0 Å². The van der Waals surface area contributed by atoms with Gasteiger partial charge in [0.15, 0.2) is 0 Å². The molecule has 19 heavy (non-hydrogen) atoms. The van der Waals surface area contributed by atoms with Crippen LogP contribution in [0.4, 0.5) is 0 Å². The molecule has 0 radical (unpaired) electrons. The second kappa shape index (κ2) is 10.7. The summed E-state index contributed by atoms with van der Waals surface area (Å²) in [6, 6.07) is 0.803. The van der Waals surface area contributed by atoms with Crippen LogP contribution < -0.4 is 5.32 Å². The Hall–Kier alpha value is -0.0400. The Labute approximate surface area is 121 Å². The van der Waals surface area contributed by atoms with E-state index in [4.69, 9.17) is 0 Å². The van der Waals surface area contributed by atoms with Crippen LogP contribution in [0.5, 0.6) is 0 Å². The lowest BCUT2D eigenvalue weighted by molar-refractivity contribution is 0.168. The SMILES string of the molecule is CCCCCCCC(NCC)C1CCCCC1CC. The fourth-order valence-corrected chi connectivity index (χ4v) is 3.97. The lowest BCUT2D eigenvalue weighted by atomic mass is 9.73. The van der Waals surface area contributed by atoms with Gasteiger partial charge in [0.25, 0.3) is 0 Å². The van der Waals surface area contributed by atoms with E-state index in [-0.39, 0.29) is 0 Å². The van der Waals surface area contributed by atoms with E-state index in [0.717, 1.165) is 24.4 Å². The van der Waals surface area contributed by atoms with Crippen molar-refractivity contribution in [3.05, 3.63) is 0 Å². The lowest BCUT2D eigenvalue weighted by Gasteiger charge is -2.37. The first kappa shape index (κ1) is 17.0. The molecule has 0 bridgehead atoms. The number of rotatable bonds is 10. The van der Waals surface area contributed by atoms with Crippen molar-refractivity contribution in [2.45, 2.75) is 97.4 Å². The summed E-state index contributed by atoms with van der Waals surface area (Å²) in [5, 5.41) is 3.81. The molecule has 0 aromatic rings. The third-order valence-corrected chi connectivity index (χ3v) is 5.09. The summed E-state index contributed by atoms with van der Waals surface area (Å²) in [5.74, 6) is 1.96. The number of hydrogen-bond donors (Lipinski definition) is 1. The molecule has 0 saturated heterocycles. The van der Waals surface area contributed by atoms with Crippen molar-refractivity contribution in [1.82, 2.24) is 5.32 Å². The third kappa shape index (κ3) is 6.29. The predicted octanol–water partition coefficient (Wildman–Crippen LogP) is 5.54. The molecule has 114 valence electrons. The van der Waals surface area contributed by atoms with E-state index in [1.807, 2.05) is 0 Å². The summed E-state index contributed by atoms with van der Waals surface area (Å²) in [6.45, 7) is 8.11. The number of nitrogens with one attached hydrogen (secondary N) is 1. The molecule has 0 heterocycles. The van der Waals surface area contributed by atoms with E-state index in [1.54, 1.807) is 0 Å². The highest BCUT2D eigenvalue weighted by Crippen LogP contribution is 2.35. The topological polar surface area (TPSA) is 12.0 Å². The Morgan fingerprint density at radius 3 is 2.37 bits per heavy atom. The van der Waals surface area contributed by atoms with Gasteiger partial charge in [0.1, 0.15) is 0 Å². The minimum Gasteiger partial charge on any atom is -0.314 e. The molecule has 0 spiro atoms. The monoisotopic (exact) mass is 267 g/mol. The molecule has 0 aromatic carbocycles. The highest BCUT2D eigenvalue weighted by molar-refractivity contribution is 4.84.